The van der Waals surface area contributed by atoms with E-state index in [2.05, 4.69) is 9.97 Å². The Morgan fingerprint density at radius 3 is 3.00 bits per heavy atom. The van der Waals surface area contributed by atoms with Crippen LogP contribution < -0.4 is 11.2 Å². The van der Waals surface area contributed by atoms with Crippen molar-refractivity contribution in [3.8, 4) is 0 Å². The zero-order valence-electron chi connectivity index (χ0n) is 5.72. The second kappa shape index (κ2) is 1.88. The van der Waals surface area contributed by atoms with Crippen LogP contribution in [0.25, 0.3) is 11.0 Å². The minimum atomic E-state index is -0.0216. The molecule has 0 aliphatic carbocycles. The number of hydrogen-bond donors (Lipinski definition) is 3. The van der Waals surface area contributed by atoms with E-state index in [9.17, 15) is 4.79 Å². The van der Waals surface area contributed by atoms with Gasteiger partial charge in [0.1, 0.15) is 11.5 Å². The highest BCUT2D eigenvalue weighted by Gasteiger charge is 1.99. The van der Waals surface area contributed by atoms with Gasteiger partial charge in [-0.1, -0.05) is 0 Å². The lowest BCUT2D eigenvalue weighted by atomic mass is 10.3. The first-order valence-electron chi connectivity index (χ1n) is 3.23. The third-order valence-corrected chi connectivity index (χ3v) is 1.57. The van der Waals surface area contributed by atoms with Gasteiger partial charge in [0.15, 0.2) is 5.43 Å². The zero-order valence-corrected chi connectivity index (χ0v) is 5.72. The second-order valence-corrected chi connectivity index (χ2v) is 2.36. The van der Waals surface area contributed by atoms with Crippen molar-refractivity contribution in [2.24, 2.45) is 0 Å². The first-order chi connectivity index (χ1) is 5.27. The maximum Gasteiger partial charge on any atom is 0.191 e. The third-order valence-electron chi connectivity index (χ3n) is 1.57. The van der Waals surface area contributed by atoms with Crippen LogP contribution in [0.2, 0.25) is 0 Å². The minimum Gasteiger partial charge on any atom is -0.385 e. The number of nitrogen functional groups attached to an aromatic ring is 1. The van der Waals surface area contributed by atoms with Crippen LogP contribution >= 0.6 is 0 Å². The SMILES string of the molecule is Nc1cc2c(=O)cc[nH]c2[nH]1. The smallest absolute Gasteiger partial charge is 0.191 e. The molecular weight excluding hydrogens is 142 g/mol. The topological polar surface area (TPSA) is 74.7 Å². The average Bonchev–Trinajstić information content (AvgIpc) is 2.31. The van der Waals surface area contributed by atoms with Crippen molar-refractivity contribution in [1.29, 1.82) is 0 Å². The highest BCUT2D eigenvalue weighted by molar-refractivity contribution is 5.79. The van der Waals surface area contributed by atoms with Crippen LogP contribution in [0.5, 0.6) is 0 Å². The van der Waals surface area contributed by atoms with E-state index >= 15 is 0 Å². The lowest BCUT2D eigenvalue weighted by Gasteiger charge is -1.84. The number of hydrogen-bond acceptors (Lipinski definition) is 2. The number of pyridine rings is 1. The molecule has 0 aliphatic rings. The van der Waals surface area contributed by atoms with Crippen LogP contribution in [0.4, 0.5) is 5.82 Å². The molecule has 0 saturated carbocycles. The van der Waals surface area contributed by atoms with Crippen LogP contribution in [-0.2, 0) is 0 Å². The Kier molecular flexibility index (Phi) is 1.03. The van der Waals surface area contributed by atoms with Gasteiger partial charge in [-0.25, -0.2) is 0 Å². The molecular formula is C7H7N3O. The van der Waals surface area contributed by atoms with Gasteiger partial charge in [0.05, 0.1) is 5.39 Å². The van der Waals surface area contributed by atoms with Gasteiger partial charge in [-0.2, -0.15) is 0 Å². The van der Waals surface area contributed by atoms with Crippen LogP contribution in [0.1, 0.15) is 0 Å². The Labute approximate surface area is 62.0 Å². The monoisotopic (exact) mass is 149 g/mol. The second-order valence-electron chi connectivity index (χ2n) is 2.36. The number of anilines is 1. The zero-order chi connectivity index (χ0) is 7.84. The van der Waals surface area contributed by atoms with Crippen molar-refractivity contribution in [3.63, 3.8) is 0 Å². The summed E-state index contributed by atoms with van der Waals surface area (Å²) in [6.45, 7) is 0. The first-order valence-corrected chi connectivity index (χ1v) is 3.23. The molecule has 2 aromatic rings. The number of aromatic amines is 2. The highest BCUT2D eigenvalue weighted by Crippen LogP contribution is 2.08. The lowest BCUT2D eigenvalue weighted by molar-refractivity contribution is 1.32. The third kappa shape index (κ3) is 0.797. The average molecular weight is 149 g/mol. The maximum atomic E-state index is 11.1. The molecule has 0 unspecified atom stereocenters. The summed E-state index contributed by atoms with van der Waals surface area (Å²) in [5.74, 6) is 0.500. The van der Waals surface area contributed by atoms with Gasteiger partial charge >= 0.3 is 0 Å². The van der Waals surface area contributed by atoms with Gasteiger partial charge in [-0.3, -0.25) is 4.79 Å². The van der Waals surface area contributed by atoms with E-state index in [1.807, 2.05) is 0 Å². The summed E-state index contributed by atoms with van der Waals surface area (Å²) in [4.78, 5) is 16.8. The molecule has 4 nitrogen and oxygen atoms in total. The van der Waals surface area contributed by atoms with Crippen molar-refractivity contribution in [1.82, 2.24) is 9.97 Å². The first kappa shape index (κ1) is 6.03. The Hall–Kier alpha value is -1.71. The molecule has 0 amide bonds. The summed E-state index contributed by atoms with van der Waals surface area (Å²) in [7, 11) is 0. The van der Waals surface area contributed by atoms with E-state index in [1.54, 1.807) is 12.3 Å². The molecule has 2 heterocycles. The van der Waals surface area contributed by atoms with Crippen molar-refractivity contribution in [2.45, 2.75) is 0 Å². The number of rotatable bonds is 0. The molecule has 0 fully saturated rings. The number of aromatic nitrogens is 2. The number of nitrogens with one attached hydrogen (secondary N) is 2. The molecule has 0 aromatic carbocycles. The fourth-order valence-electron chi connectivity index (χ4n) is 1.07. The molecule has 56 valence electrons. The fourth-order valence-corrected chi connectivity index (χ4v) is 1.07. The van der Waals surface area contributed by atoms with Crippen molar-refractivity contribution < 1.29 is 0 Å². The summed E-state index contributed by atoms with van der Waals surface area (Å²) in [5.41, 5.74) is 6.10. The maximum absolute atomic E-state index is 11.1. The van der Waals surface area contributed by atoms with Crippen molar-refractivity contribution in [3.05, 3.63) is 28.6 Å². The van der Waals surface area contributed by atoms with Crippen molar-refractivity contribution >= 4 is 16.9 Å². The molecule has 0 radical (unpaired) electrons. The Morgan fingerprint density at radius 1 is 1.45 bits per heavy atom. The number of fused-ring (bicyclic) bond motifs is 1. The van der Waals surface area contributed by atoms with E-state index in [4.69, 9.17) is 5.73 Å². The van der Waals surface area contributed by atoms with E-state index in [0.717, 1.165) is 0 Å². The number of H-pyrrole nitrogens is 2. The van der Waals surface area contributed by atoms with Gasteiger partial charge in [0.2, 0.25) is 0 Å². The predicted molar refractivity (Wildman–Crippen MR) is 43.3 cm³/mol. The fraction of sp³-hybridized carbons (Fsp3) is 0. The molecule has 0 atom stereocenters. The van der Waals surface area contributed by atoms with Crippen LogP contribution in [0.3, 0.4) is 0 Å². The Balaban J connectivity index is 3.02. The van der Waals surface area contributed by atoms with Gasteiger partial charge in [-0.15, -0.1) is 0 Å². The normalized spacial score (nSPS) is 10.5. The molecule has 4 heteroatoms. The molecule has 2 rings (SSSR count). The van der Waals surface area contributed by atoms with Gasteiger partial charge in [0, 0.05) is 12.3 Å². The Morgan fingerprint density at radius 2 is 2.27 bits per heavy atom. The van der Waals surface area contributed by atoms with E-state index in [-0.39, 0.29) is 5.43 Å². The van der Waals surface area contributed by atoms with E-state index < -0.39 is 0 Å². The molecule has 11 heavy (non-hydrogen) atoms. The molecule has 0 saturated heterocycles. The summed E-state index contributed by atoms with van der Waals surface area (Å²) >= 11 is 0. The standard InChI is InChI=1S/C7H7N3O/c8-6-3-4-5(11)1-2-9-7(4)10-6/h1-3H,8H2,(H2,9,10,11). The molecule has 0 aliphatic heterocycles. The van der Waals surface area contributed by atoms with E-state index in [0.29, 0.717) is 16.9 Å². The van der Waals surface area contributed by atoms with Crippen LogP contribution in [0.15, 0.2) is 23.1 Å². The Bertz CT molecular complexity index is 440. The molecule has 0 spiro atoms. The van der Waals surface area contributed by atoms with Gasteiger partial charge in [-0.05, 0) is 6.07 Å². The van der Waals surface area contributed by atoms with Crippen LogP contribution in [-0.4, -0.2) is 9.97 Å². The number of nitrogens with two attached hydrogens (primary N) is 1. The molecule has 0 bridgehead atoms. The lowest BCUT2D eigenvalue weighted by Crippen LogP contribution is -1.97. The van der Waals surface area contributed by atoms with Gasteiger partial charge < -0.3 is 15.7 Å². The molecule has 4 N–H and O–H groups in total. The summed E-state index contributed by atoms with van der Waals surface area (Å²) in [5, 5.41) is 0.602. The minimum absolute atomic E-state index is 0.0216. The quantitative estimate of drug-likeness (QED) is 0.508. The largest absolute Gasteiger partial charge is 0.385 e. The summed E-state index contributed by atoms with van der Waals surface area (Å²) in [6.07, 6.45) is 1.58. The van der Waals surface area contributed by atoms with Crippen molar-refractivity contribution in [2.75, 3.05) is 5.73 Å². The predicted octanol–water partition coefficient (Wildman–Crippen LogP) is 0.438. The van der Waals surface area contributed by atoms with E-state index in [1.165, 1.54) is 6.07 Å². The van der Waals surface area contributed by atoms with Crippen LogP contribution in [0, 0.1) is 0 Å². The summed E-state index contributed by atoms with van der Waals surface area (Å²) in [6, 6.07) is 3.09. The highest BCUT2D eigenvalue weighted by atomic mass is 16.1. The van der Waals surface area contributed by atoms with Gasteiger partial charge in [0.25, 0.3) is 0 Å². The molecule has 2 aromatic heterocycles. The summed E-state index contributed by atoms with van der Waals surface area (Å²) < 4.78 is 0.